The first-order chi connectivity index (χ1) is 7.88. The van der Waals surface area contributed by atoms with Gasteiger partial charge in [-0.05, 0) is 25.2 Å². The zero-order chi connectivity index (χ0) is 11.6. The Kier molecular flexibility index (Phi) is 7.54. The van der Waals surface area contributed by atoms with Crippen LogP contribution >= 0.6 is 0 Å². The molecule has 0 saturated heterocycles. The van der Waals surface area contributed by atoms with Crippen LogP contribution < -0.4 is 0 Å². The first-order valence-electron chi connectivity index (χ1n) is 7.33. The predicted molar refractivity (Wildman–Crippen MR) is 69.5 cm³/mol. The van der Waals surface area contributed by atoms with Crippen molar-refractivity contribution >= 4 is 6.29 Å². The highest BCUT2D eigenvalue weighted by atomic mass is 16.1. The van der Waals surface area contributed by atoms with Crippen molar-refractivity contribution in [3.8, 4) is 0 Å². The highest BCUT2D eigenvalue weighted by molar-refractivity contribution is 5.53. The second kappa shape index (κ2) is 8.78. The van der Waals surface area contributed by atoms with Crippen LogP contribution in [-0.4, -0.2) is 6.29 Å². The molecule has 0 aromatic rings. The number of carbonyl (C=O) groups excluding carboxylic acids is 1. The van der Waals surface area contributed by atoms with E-state index in [9.17, 15) is 4.79 Å². The van der Waals surface area contributed by atoms with E-state index < -0.39 is 0 Å². The molecule has 0 aliphatic heterocycles. The van der Waals surface area contributed by atoms with Crippen molar-refractivity contribution in [1.82, 2.24) is 0 Å². The molecule has 0 amide bonds. The molecule has 0 bridgehead atoms. The van der Waals surface area contributed by atoms with Crippen molar-refractivity contribution in [1.29, 1.82) is 0 Å². The number of rotatable bonds is 8. The summed E-state index contributed by atoms with van der Waals surface area (Å²) in [4.78, 5) is 11.1. The molecular weight excluding hydrogens is 196 g/mol. The van der Waals surface area contributed by atoms with Crippen molar-refractivity contribution in [2.45, 2.75) is 77.6 Å². The van der Waals surface area contributed by atoms with E-state index in [0.29, 0.717) is 5.92 Å². The summed E-state index contributed by atoms with van der Waals surface area (Å²) >= 11 is 0. The quantitative estimate of drug-likeness (QED) is 0.430. The Hall–Kier alpha value is -0.330. The van der Waals surface area contributed by atoms with Gasteiger partial charge in [-0.15, -0.1) is 0 Å². The fourth-order valence-corrected chi connectivity index (χ4v) is 2.96. The van der Waals surface area contributed by atoms with E-state index >= 15 is 0 Å². The number of carbonyl (C=O) groups is 1. The Labute approximate surface area is 101 Å². The fraction of sp³-hybridized carbons (Fsp3) is 0.933. The zero-order valence-electron chi connectivity index (χ0n) is 10.9. The maximum Gasteiger partial charge on any atom is 0.123 e. The molecule has 1 unspecified atom stereocenters. The summed E-state index contributed by atoms with van der Waals surface area (Å²) in [6.45, 7) is 2.25. The fourth-order valence-electron chi connectivity index (χ4n) is 2.96. The Morgan fingerprint density at radius 1 is 1.06 bits per heavy atom. The number of aldehydes is 1. The summed E-state index contributed by atoms with van der Waals surface area (Å²) in [5, 5.41) is 0. The average molecular weight is 224 g/mol. The second-order valence-corrected chi connectivity index (χ2v) is 5.40. The summed E-state index contributed by atoms with van der Waals surface area (Å²) in [6.07, 6.45) is 15.7. The van der Waals surface area contributed by atoms with Gasteiger partial charge in [0.25, 0.3) is 0 Å². The van der Waals surface area contributed by atoms with Gasteiger partial charge in [-0.1, -0.05) is 58.3 Å². The molecule has 16 heavy (non-hydrogen) atoms. The highest BCUT2D eigenvalue weighted by Gasteiger charge is 2.22. The second-order valence-electron chi connectivity index (χ2n) is 5.40. The van der Waals surface area contributed by atoms with E-state index in [-0.39, 0.29) is 0 Å². The minimum absolute atomic E-state index is 0.377. The molecule has 1 rings (SSSR count). The summed E-state index contributed by atoms with van der Waals surface area (Å²) < 4.78 is 0. The van der Waals surface area contributed by atoms with E-state index in [1.807, 2.05) is 0 Å². The van der Waals surface area contributed by atoms with Gasteiger partial charge in [0.2, 0.25) is 0 Å². The van der Waals surface area contributed by atoms with Crippen LogP contribution in [0.25, 0.3) is 0 Å². The minimum atomic E-state index is 0.377. The molecule has 1 aliphatic carbocycles. The van der Waals surface area contributed by atoms with Gasteiger partial charge in [0.05, 0.1) is 0 Å². The van der Waals surface area contributed by atoms with Crippen molar-refractivity contribution in [3.63, 3.8) is 0 Å². The zero-order valence-corrected chi connectivity index (χ0v) is 10.9. The Morgan fingerprint density at radius 3 is 2.38 bits per heavy atom. The molecule has 1 saturated carbocycles. The number of hydrogen-bond acceptors (Lipinski definition) is 1. The van der Waals surface area contributed by atoms with Crippen molar-refractivity contribution in [2.75, 3.05) is 0 Å². The number of hydrogen-bond donors (Lipinski definition) is 0. The van der Waals surface area contributed by atoms with Gasteiger partial charge in [0, 0.05) is 5.92 Å². The maximum atomic E-state index is 11.1. The molecular formula is C15H28O. The summed E-state index contributed by atoms with van der Waals surface area (Å²) in [5.74, 6) is 1.10. The molecule has 0 spiro atoms. The molecule has 1 atom stereocenters. The van der Waals surface area contributed by atoms with E-state index in [2.05, 4.69) is 6.92 Å². The lowest BCUT2D eigenvalue weighted by Crippen LogP contribution is -2.19. The Bertz CT molecular complexity index is 170. The molecule has 1 heteroatoms. The maximum absolute atomic E-state index is 11.1. The first kappa shape index (κ1) is 13.7. The predicted octanol–water partition coefficient (Wildman–Crippen LogP) is 4.74. The van der Waals surface area contributed by atoms with Crippen LogP contribution in [0.2, 0.25) is 0 Å². The van der Waals surface area contributed by atoms with Crippen LogP contribution in [0.5, 0.6) is 0 Å². The van der Waals surface area contributed by atoms with Crippen LogP contribution in [0.1, 0.15) is 77.6 Å². The van der Waals surface area contributed by atoms with Crippen molar-refractivity contribution in [3.05, 3.63) is 0 Å². The van der Waals surface area contributed by atoms with Crippen molar-refractivity contribution < 1.29 is 4.79 Å². The van der Waals surface area contributed by atoms with Gasteiger partial charge in [-0.3, -0.25) is 0 Å². The standard InChI is InChI=1S/C15H28O/c1-2-3-4-5-7-12-15(13-16)14-10-8-6-9-11-14/h13-15H,2-12H2,1H3. The normalized spacial score (nSPS) is 19.6. The van der Waals surface area contributed by atoms with E-state index in [1.54, 1.807) is 0 Å². The summed E-state index contributed by atoms with van der Waals surface area (Å²) in [7, 11) is 0. The summed E-state index contributed by atoms with van der Waals surface area (Å²) in [5.41, 5.74) is 0. The van der Waals surface area contributed by atoms with E-state index in [0.717, 1.165) is 12.3 Å². The molecule has 1 aliphatic rings. The third-order valence-corrected chi connectivity index (χ3v) is 4.07. The van der Waals surface area contributed by atoms with Crippen LogP contribution in [0.15, 0.2) is 0 Å². The first-order valence-corrected chi connectivity index (χ1v) is 7.33. The largest absolute Gasteiger partial charge is 0.303 e. The summed E-state index contributed by atoms with van der Waals surface area (Å²) in [6, 6.07) is 0. The molecule has 0 aromatic heterocycles. The van der Waals surface area contributed by atoms with E-state index in [1.165, 1.54) is 70.5 Å². The van der Waals surface area contributed by atoms with Gasteiger partial charge in [-0.25, -0.2) is 0 Å². The SMILES string of the molecule is CCCCCCCC(C=O)C1CCCCC1. The van der Waals surface area contributed by atoms with Crippen LogP contribution in [-0.2, 0) is 4.79 Å². The topological polar surface area (TPSA) is 17.1 Å². The van der Waals surface area contributed by atoms with E-state index in [4.69, 9.17) is 0 Å². The van der Waals surface area contributed by atoms with Gasteiger partial charge in [0.1, 0.15) is 6.29 Å². The molecule has 1 fully saturated rings. The monoisotopic (exact) mass is 224 g/mol. The van der Waals surface area contributed by atoms with Crippen LogP contribution in [0, 0.1) is 11.8 Å². The van der Waals surface area contributed by atoms with Gasteiger partial charge in [-0.2, -0.15) is 0 Å². The lowest BCUT2D eigenvalue weighted by atomic mass is 9.78. The van der Waals surface area contributed by atoms with Crippen molar-refractivity contribution in [2.24, 2.45) is 11.8 Å². The average Bonchev–Trinajstić information content (AvgIpc) is 2.35. The Morgan fingerprint density at radius 2 is 1.75 bits per heavy atom. The third-order valence-electron chi connectivity index (χ3n) is 4.07. The third kappa shape index (κ3) is 5.14. The molecule has 94 valence electrons. The smallest absolute Gasteiger partial charge is 0.123 e. The van der Waals surface area contributed by atoms with Gasteiger partial charge in [0.15, 0.2) is 0 Å². The molecule has 0 N–H and O–H groups in total. The molecule has 0 aromatic carbocycles. The highest BCUT2D eigenvalue weighted by Crippen LogP contribution is 2.31. The van der Waals surface area contributed by atoms with Gasteiger partial charge >= 0.3 is 0 Å². The Balaban J connectivity index is 2.12. The molecule has 0 heterocycles. The van der Waals surface area contributed by atoms with Crippen LogP contribution in [0.3, 0.4) is 0 Å². The van der Waals surface area contributed by atoms with Gasteiger partial charge < -0.3 is 4.79 Å². The minimum Gasteiger partial charge on any atom is -0.303 e. The lowest BCUT2D eigenvalue weighted by Gasteiger charge is -2.26. The number of unbranched alkanes of at least 4 members (excludes halogenated alkanes) is 4. The molecule has 1 nitrogen and oxygen atoms in total. The lowest BCUT2D eigenvalue weighted by molar-refractivity contribution is -0.113. The van der Waals surface area contributed by atoms with Crippen LogP contribution in [0.4, 0.5) is 0 Å². The molecule has 0 radical (unpaired) electrons.